The molecule has 1 N–H and O–H groups in total. The van der Waals surface area contributed by atoms with Crippen molar-refractivity contribution in [2.24, 2.45) is 0 Å². The number of carbonyl (C=O) groups is 1. The van der Waals surface area contributed by atoms with Crippen molar-refractivity contribution in [1.82, 2.24) is 4.98 Å². The Morgan fingerprint density at radius 1 is 1.37 bits per heavy atom. The first-order valence-electron chi connectivity index (χ1n) is 6.56. The number of aliphatic hydroxyl groups is 1. The number of fused-ring (bicyclic) bond motifs is 1. The van der Waals surface area contributed by atoms with Crippen molar-refractivity contribution in [3.63, 3.8) is 0 Å². The molecule has 0 bridgehead atoms. The number of benzene rings is 1. The van der Waals surface area contributed by atoms with Crippen LogP contribution in [0.4, 0.5) is 5.82 Å². The summed E-state index contributed by atoms with van der Waals surface area (Å²) in [5.74, 6) is 0.687. The molecule has 1 aliphatic rings. The number of anilines is 1. The lowest BCUT2D eigenvalue weighted by molar-refractivity contribution is 0.112. The van der Waals surface area contributed by atoms with Crippen molar-refractivity contribution in [2.75, 3.05) is 18.0 Å². The summed E-state index contributed by atoms with van der Waals surface area (Å²) in [4.78, 5) is 17.9. The molecule has 19 heavy (non-hydrogen) atoms. The fourth-order valence-corrected chi connectivity index (χ4v) is 2.61. The molecule has 1 saturated heterocycles. The molecular weight excluding hydrogens is 240 g/mol. The van der Waals surface area contributed by atoms with Crippen LogP contribution >= 0.6 is 0 Å². The molecule has 1 unspecified atom stereocenters. The largest absolute Gasteiger partial charge is 0.391 e. The molecule has 0 aliphatic carbocycles. The van der Waals surface area contributed by atoms with E-state index < -0.39 is 0 Å². The predicted octanol–water partition coefficient (Wildman–Crippen LogP) is 2.01. The van der Waals surface area contributed by atoms with Crippen molar-refractivity contribution in [3.8, 4) is 0 Å². The Balaban J connectivity index is 2.08. The molecular formula is C15H16N2O2. The summed E-state index contributed by atoms with van der Waals surface area (Å²) in [6.07, 6.45) is 2.26. The predicted molar refractivity (Wildman–Crippen MR) is 74.6 cm³/mol. The van der Waals surface area contributed by atoms with E-state index >= 15 is 0 Å². The lowest BCUT2D eigenvalue weighted by Gasteiger charge is -2.31. The van der Waals surface area contributed by atoms with Gasteiger partial charge in [-0.15, -0.1) is 0 Å². The average Bonchev–Trinajstić information content (AvgIpc) is 2.46. The molecule has 4 nitrogen and oxygen atoms in total. The third kappa shape index (κ3) is 2.31. The minimum absolute atomic E-state index is 0.332. The summed E-state index contributed by atoms with van der Waals surface area (Å²) in [6.45, 7) is 1.38. The van der Waals surface area contributed by atoms with Crippen LogP contribution in [0.15, 0.2) is 30.3 Å². The summed E-state index contributed by atoms with van der Waals surface area (Å²) in [5.41, 5.74) is 1.47. The quantitative estimate of drug-likeness (QED) is 0.835. The number of nitrogens with zero attached hydrogens (tertiary/aromatic N) is 2. The molecule has 4 heteroatoms. The number of aldehydes is 1. The summed E-state index contributed by atoms with van der Waals surface area (Å²) in [6, 6.07) is 9.62. The normalized spacial score (nSPS) is 19.6. The number of aromatic nitrogens is 1. The Kier molecular flexibility index (Phi) is 3.17. The summed E-state index contributed by atoms with van der Waals surface area (Å²) in [7, 11) is 0. The number of aliphatic hydroxyl groups excluding tert-OH is 1. The van der Waals surface area contributed by atoms with E-state index in [1.807, 2.05) is 35.2 Å². The highest BCUT2D eigenvalue weighted by Crippen LogP contribution is 2.25. The molecule has 0 spiro atoms. The lowest BCUT2D eigenvalue weighted by Crippen LogP contribution is -2.39. The van der Waals surface area contributed by atoms with E-state index in [4.69, 9.17) is 0 Å². The number of hydrogen-bond acceptors (Lipinski definition) is 4. The van der Waals surface area contributed by atoms with Gasteiger partial charge in [-0.1, -0.05) is 18.2 Å². The lowest BCUT2D eigenvalue weighted by atomic mass is 10.1. The maximum atomic E-state index is 11.3. The van der Waals surface area contributed by atoms with Gasteiger partial charge < -0.3 is 10.0 Å². The number of pyridine rings is 1. The highest BCUT2D eigenvalue weighted by Gasteiger charge is 2.21. The number of carbonyl (C=O) groups excluding carboxylic acids is 1. The molecule has 3 rings (SSSR count). The first-order chi connectivity index (χ1) is 9.28. The van der Waals surface area contributed by atoms with Crippen LogP contribution in [-0.2, 0) is 0 Å². The van der Waals surface area contributed by atoms with Gasteiger partial charge in [-0.3, -0.25) is 4.79 Å². The molecule has 0 radical (unpaired) electrons. The minimum atomic E-state index is -0.332. The van der Waals surface area contributed by atoms with Crippen molar-refractivity contribution >= 4 is 23.0 Å². The molecule has 98 valence electrons. The van der Waals surface area contributed by atoms with Crippen LogP contribution in [0.2, 0.25) is 0 Å². The van der Waals surface area contributed by atoms with Crippen LogP contribution in [0.3, 0.4) is 0 Å². The Hall–Kier alpha value is -1.94. The van der Waals surface area contributed by atoms with E-state index in [0.29, 0.717) is 17.9 Å². The van der Waals surface area contributed by atoms with Crippen molar-refractivity contribution in [1.29, 1.82) is 0 Å². The topological polar surface area (TPSA) is 53.4 Å². The first-order valence-corrected chi connectivity index (χ1v) is 6.56. The summed E-state index contributed by atoms with van der Waals surface area (Å²) < 4.78 is 0. The van der Waals surface area contributed by atoms with E-state index in [-0.39, 0.29) is 6.10 Å². The molecule has 1 atom stereocenters. The van der Waals surface area contributed by atoms with Gasteiger partial charge in [0.15, 0.2) is 6.29 Å². The zero-order valence-electron chi connectivity index (χ0n) is 10.6. The van der Waals surface area contributed by atoms with E-state index in [9.17, 15) is 9.90 Å². The Morgan fingerprint density at radius 2 is 2.21 bits per heavy atom. The van der Waals surface area contributed by atoms with E-state index in [0.717, 1.165) is 36.6 Å². The van der Waals surface area contributed by atoms with Gasteiger partial charge in [-0.25, -0.2) is 4.98 Å². The molecule has 2 heterocycles. The van der Waals surface area contributed by atoms with Gasteiger partial charge in [0.1, 0.15) is 5.82 Å². The monoisotopic (exact) mass is 256 g/mol. The third-order valence-corrected chi connectivity index (χ3v) is 3.56. The third-order valence-electron chi connectivity index (χ3n) is 3.56. The molecule has 2 aromatic rings. The Labute approximate surface area is 111 Å². The average molecular weight is 256 g/mol. The number of rotatable bonds is 2. The van der Waals surface area contributed by atoms with E-state index in [2.05, 4.69) is 4.98 Å². The summed E-state index contributed by atoms with van der Waals surface area (Å²) >= 11 is 0. The maximum absolute atomic E-state index is 11.3. The zero-order valence-corrected chi connectivity index (χ0v) is 10.6. The highest BCUT2D eigenvalue weighted by molar-refractivity contribution is 5.91. The number of piperidine rings is 1. The van der Waals surface area contributed by atoms with Crippen LogP contribution in [0.1, 0.15) is 23.2 Å². The first kappa shape index (κ1) is 12.1. The zero-order chi connectivity index (χ0) is 13.2. The number of para-hydroxylation sites is 1. The second-order valence-electron chi connectivity index (χ2n) is 4.95. The van der Waals surface area contributed by atoms with Crippen LogP contribution in [0.25, 0.3) is 10.9 Å². The Bertz CT molecular complexity index is 612. The SMILES string of the molecule is O=Cc1cc2ccccc2nc1N1CCCC(O)C1. The molecule has 1 aromatic heterocycles. The van der Waals surface area contributed by atoms with Crippen LogP contribution in [0.5, 0.6) is 0 Å². The molecule has 1 aliphatic heterocycles. The van der Waals surface area contributed by atoms with Gasteiger partial charge in [0.05, 0.1) is 17.2 Å². The van der Waals surface area contributed by atoms with Gasteiger partial charge in [-0.05, 0) is 25.0 Å². The number of β-amino-alcohol motifs (C(OH)–C–C–N with tert-alkyl or cyclic N) is 1. The van der Waals surface area contributed by atoms with Gasteiger partial charge in [-0.2, -0.15) is 0 Å². The van der Waals surface area contributed by atoms with Crippen molar-refractivity contribution in [3.05, 3.63) is 35.9 Å². The van der Waals surface area contributed by atoms with Crippen molar-refractivity contribution in [2.45, 2.75) is 18.9 Å². The smallest absolute Gasteiger partial charge is 0.153 e. The molecule has 1 fully saturated rings. The van der Waals surface area contributed by atoms with Gasteiger partial charge >= 0.3 is 0 Å². The van der Waals surface area contributed by atoms with Gasteiger partial charge in [0.2, 0.25) is 0 Å². The van der Waals surface area contributed by atoms with Crippen LogP contribution in [0, 0.1) is 0 Å². The maximum Gasteiger partial charge on any atom is 0.153 e. The van der Waals surface area contributed by atoms with Crippen LogP contribution < -0.4 is 4.90 Å². The van der Waals surface area contributed by atoms with E-state index in [1.165, 1.54) is 0 Å². The second-order valence-corrected chi connectivity index (χ2v) is 4.95. The highest BCUT2D eigenvalue weighted by atomic mass is 16.3. The van der Waals surface area contributed by atoms with Crippen molar-refractivity contribution < 1.29 is 9.90 Å². The minimum Gasteiger partial charge on any atom is -0.391 e. The van der Waals surface area contributed by atoms with Gasteiger partial charge in [0.25, 0.3) is 0 Å². The summed E-state index contributed by atoms with van der Waals surface area (Å²) in [5, 5.41) is 10.7. The Morgan fingerprint density at radius 3 is 3.00 bits per heavy atom. The standard InChI is InChI=1S/C15H16N2O2/c18-10-12-8-11-4-1-2-6-14(11)16-15(12)17-7-3-5-13(19)9-17/h1-2,4,6,8,10,13,19H,3,5,7,9H2. The van der Waals surface area contributed by atoms with Crippen LogP contribution in [-0.4, -0.2) is 35.6 Å². The number of hydrogen-bond donors (Lipinski definition) is 1. The van der Waals surface area contributed by atoms with E-state index in [1.54, 1.807) is 0 Å². The fourth-order valence-electron chi connectivity index (χ4n) is 2.61. The van der Waals surface area contributed by atoms with Gasteiger partial charge in [0, 0.05) is 18.5 Å². The molecule has 0 saturated carbocycles. The molecule has 0 amide bonds. The fraction of sp³-hybridized carbons (Fsp3) is 0.333. The molecule has 1 aromatic carbocycles. The second kappa shape index (κ2) is 4.97.